The Morgan fingerprint density at radius 3 is 2.47 bits per heavy atom. The third-order valence-electron chi connectivity index (χ3n) is 3.54. The number of nitrogens with one attached hydrogen (secondary N) is 1. The first-order valence-corrected chi connectivity index (χ1v) is 8.37. The molecule has 0 aliphatic carbocycles. The normalized spacial score (nSPS) is 16.2. The van der Waals surface area contributed by atoms with E-state index < -0.39 is 5.54 Å². The van der Waals surface area contributed by atoms with E-state index in [1.54, 1.807) is 0 Å². The molecule has 0 bridgehead atoms. The number of carbonyl (C=O) groups excluding carboxylic acids is 1. The molecule has 0 aliphatic rings. The molecule has 114 valence electrons. The molecule has 0 aromatic rings. The van der Waals surface area contributed by atoms with Gasteiger partial charge in [0.1, 0.15) is 5.54 Å². The highest BCUT2D eigenvalue weighted by atomic mass is 32.2. The second-order valence-electron chi connectivity index (χ2n) is 5.67. The van der Waals surface area contributed by atoms with E-state index in [9.17, 15) is 4.79 Å². The predicted molar refractivity (Wildman–Crippen MR) is 84.7 cm³/mol. The average Bonchev–Trinajstić information content (AvgIpc) is 2.39. The van der Waals surface area contributed by atoms with Crippen LogP contribution in [0.1, 0.15) is 53.9 Å². The van der Waals surface area contributed by atoms with Crippen molar-refractivity contribution in [3.8, 4) is 0 Å². The molecule has 2 unspecified atom stereocenters. The smallest absolute Gasteiger partial charge is 0.325 e. The number of methoxy groups -OCH3 is 1. The lowest BCUT2D eigenvalue weighted by molar-refractivity contribution is -0.148. The van der Waals surface area contributed by atoms with Crippen LogP contribution in [-0.2, 0) is 9.53 Å². The number of hydrogen-bond donors (Lipinski definition) is 1. The van der Waals surface area contributed by atoms with Gasteiger partial charge < -0.3 is 10.1 Å². The van der Waals surface area contributed by atoms with Crippen molar-refractivity contribution in [1.82, 2.24) is 5.32 Å². The van der Waals surface area contributed by atoms with E-state index in [0.29, 0.717) is 11.2 Å². The van der Waals surface area contributed by atoms with Crippen molar-refractivity contribution in [2.75, 3.05) is 19.4 Å². The highest BCUT2D eigenvalue weighted by Crippen LogP contribution is 2.22. The third-order valence-corrected chi connectivity index (χ3v) is 5.14. The molecule has 0 amide bonds. The number of esters is 1. The van der Waals surface area contributed by atoms with Gasteiger partial charge in [-0.3, -0.25) is 4.79 Å². The van der Waals surface area contributed by atoms with Crippen LogP contribution in [0.2, 0.25) is 0 Å². The predicted octanol–water partition coefficient (Wildman–Crippen LogP) is 3.48. The number of carbonyl (C=O) groups is 1. The van der Waals surface area contributed by atoms with Gasteiger partial charge in [-0.2, -0.15) is 11.8 Å². The third kappa shape index (κ3) is 7.21. The second kappa shape index (κ2) is 9.65. The van der Waals surface area contributed by atoms with Crippen LogP contribution in [0.15, 0.2) is 0 Å². The van der Waals surface area contributed by atoms with Gasteiger partial charge >= 0.3 is 5.97 Å². The first-order chi connectivity index (χ1) is 8.87. The zero-order valence-corrected chi connectivity index (χ0v) is 14.2. The maximum Gasteiger partial charge on any atom is 0.325 e. The number of thioether (sulfide) groups is 1. The molecule has 0 aromatic heterocycles. The Hall–Kier alpha value is -0.220. The van der Waals surface area contributed by atoms with Gasteiger partial charge in [0.25, 0.3) is 0 Å². The molecule has 0 rings (SSSR count). The average molecular weight is 289 g/mol. The van der Waals surface area contributed by atoms with E-state index in [4.69, 9.17) is 4.74 Å². The first kappa shape index (κ1) is 18.8. The van der Waals surface area contributed by atoms with Gasteiger partial charge in [-0.15, -0.1) is 0 Å². The van der Waals surface area contributed by atoms with Crippen molar-refractivity contribution in [1.29, 1.82) is 0 Å². The number of rotatable bonds is 10. The summed E-state index contributed by atoms with van der Waals surface area (Å²) in [6, 6.07) is 0. The number of hydrogen-bond acceptors (Lipinski definition) is 4. The Morgan fingerprint density at radius 1 is 1.37 bits per heavy atom. The van der Waals surface area contributed by atoms with Gasteiger partial charge in [-0.05, 0) is 44.4 Å². The maximum absolute atomic E-state index is 11.9. The summed E-state index contributed by atoms with van der Waals surface area (Å²) in [7, 11) is 1.46. The van der Waals surface area contributed by atoms with E-state index in [1.165, 1.54) is 7.11 Å². The summed E-state index contributed by atoms with van der Waals surface area (Å²) in [5.41, 5.74) is -0.535. The Balaban J connectivity index is 4.16. The SMILES string of the molecule is CCCNC(C)(CCCSC(C)C(C)C)C(=O)OC. The highest BCUT2D eigenvalue weighted by molar-refractivity contribution is 7.99. The minimum Gasteiger partial charge on any atom is -0.468 e. The van der Waals surface area contributed by atoms with E-state index in [-0.39, 0.29) is 5.97 Å². The molecule has 0 spiro atoms. The molecule has 0 heterocycles. The lowest BCUT2D eigenvalue weighted by Gasteiger charge is -2.28. The van der Waals surface area contributed by atoms with E-state index in [1.807, 2.05) is 18.7 Å². The van der Waals surface area contributed by atoms with Crippen molar-refractivity contribution in [2.45, 2.75) is 64.7 Å². The lowest BCUT2D eigenvalue weighted by atomic mass is 9.96. The molecule has 2 atom stereocenters. The Morgan fingerprint density at radius 2 is 2.00 bits per heavy atom. The van der Waals surface area contributed by atoms with E-state index in [2.05, 4.69) is 33.0 Å². The summed E-state index contributed by atoms with van der Waals surface area (Å²) in [5.74, 6) is 1.65. The molecular formula is C15H31NO2S. The van der Waals surface area contributed by atoms with Crippen molar-refractivity contribution in [3.05, 3.63) is 0 Å². The van der Waals surface area contributed by atoms with Crippen molar-refractivity contribution in [3.63, 3.8) is 0 Å². The van der Waals surface area contributed by atoms with Crippen LogP contribution >= 0.6 is 11.8 Å². The van der Waals surface area contributed by atoms with Crippen LogP contribution < -0.4 is 5.32 Å². The Labute approximate surface area is 123 Å². The monoisotopic (exact) mass is 289 g/mol. The topological polar surface area (TPSA) is 38.3 Å². The summed E-state index contributed by atoms with van der Waals surface area (Å²) < 4.78 is 4.92. The fourth-order valence-electron chi connectivity index (χ4n) is 1.78. The van der Waals surface area contributed by atoms with Gasteiger partial charge in [0.15, 0.2) is 0 Å². The molecule has 3 nitrogen and oxygen atoms in total. The molecule has 4 heteroatoms. The first-order valence-electron chi connectivity index (χ1n) is 7.32. The maximum atomic E-state index is 11.9. The van der Waals surface area contributed by atoms with Crippen LogP contribution in [0.3, 0.4) is 0 Å². The van der Waals surface area contributed by atoms with E-state index in [0.717, 1.165) is 31.6 Å². The zero-order valence-electron chi connectivity index (χ0n) is 13.4. The molecule has 0 saturated carbocycles. The molecule has 0 aromatic carbocycles. The highest BCUT2D eigenvalue weighted by Gasteiger charge is 2.32. The number of ether oxygens (including phenoxy) is 1. The molecule has 0 radical (unpaired) electrons. The van der Waals surface area contributed by atoms with Gasteiger partial charge in [0.2, 0.25) is 0 Å². The van der Waals surface area contributed by atoms with Gasteiger partial charge in [-0.1, -0.05) is 27.7 Å². The van der Waals surface area contributed by atoms with Crippen LogP contribution in [0.5, 0.6) is 0 Å². The fraction of sp³-hybridized carbons (Fsp3) is 0.933. The minimum atomic E-state index is -0.535. The summed E-state index contributed by atoms with van der Waals surface area (Å²) in [5, 5.41) is 4.00. The van der Waals surface area contributed by atoms with Crippen molar-refractivity contribution in [2.24, 2.45) is 5.92 Å². The molecule has 0 fully saturated rings. The summed E-state index contributed by atoms with van der Waals surface area (Å²) in [6.45, 7) is 11.7. The molecule has 1 N–H and O–H groups in total. The van der Waals surface area contributed by atoms with Crippen LogP contribution in [-0.4, -0.2) is 36.2 Å². The second-order valence-corrected chi connectivity index (χ2v) is 7.16. The fourth-order valence-corrected chi connectivity index (χ4v) is 2.84. The quantitative estimate of drug-likeness (QED) is 0.493. The summed E-state index contributed by atoms with van der Waals surface area (Å²) in [6.07, 6.45) is 2.88. The Kier molecular flexibility index (Phi) is 9.54. The van der Waals surface area contributed by atoms with Gasteiger partial charge in [0.05, 0.1) is 7.11 Å². The summed E-state index contributed by atoms with van der Waals surface area (Å²) >= 11 is 1.99. The zero-order chi connectivity index (χ0) is 14.9. The molecule has 19 heavy (non-hydrogen) atoms. The van der Waals surface area contributed by atoms with Crippen LogP contribution in [0.25, 0.3) is 0 Å². The van der Waals surface area contributed by atoms with Crippen LogP contribution in [0, 0.1) is 5.92 Å². The lowest BCUT2D eigenvalue weighted by Crippen LogP contribution is -2.50. The molecule has 0 aliphatic heterocycles. The van der Waals surface area contributed by atoms with E-state index >= 15 is 0 Å². The Bertz CT molecular complexity index is 259. The standard InChI is InChI=1S/C15H31NO2S/c1-7-10-16-15(5,14(17)18-6)9-8-11-19-13(4)12(2)3/h12-13,16H,7-11H2,1-6H3. The van der Waals surface area contributed by atoms with Gasteiger partial charge in [-0.25, -0.2) is 0 Å². The summed E-state index contributed by atoms with van der Waals surface area (Å²) in [4.78, 5) is 11.9. The minimum absolute atomic E-state index is 0.150. The van der Waals surface area contributed by atoms with Crippen molar-refractivity contribution < 1.29 is 9.53 Å². The molecular weight excluding hydrogens is 258 g/mol. The van der Waals surface area contributed by atoms with Crippen molar-refractivity contribution >= 4 is 17.7 Å². The van der Waals surface area contributed by atoms with Crippen LogP contribution in [0.4, 0.5) is 0 Å². The largest absolute Gasteiger partial charge is 0.468 e. The van der Waals surface area contributed by atoms with Gasteiger partial charge in [0, 0.05) is 5.25 Å². The molecule has 0 saturated heterocycles.